The molecule has 0 atom stereocenters. The van der Waals surface area contributed by atoms with E-state index in [0.29, 0.717) is 16.4 Å². The molecule has 3 rings (SSSR count). The van der Waals surface area contributed by atoms with Gasteiger partial charge in [0.2, 0.25) is 0 Å². The van der Waals surface area contributed by atoms with Crippen LogP contribution in [0.15, 0.2) is 82.2 Å². The molecule has 0 aliphatic rings. The largest absolute Gasteiger partial charge is 0.321 e. The van der Waals surface area contributed by atoms with E-state index in [1.807, 2.05) is 6.07 Å². The van der Waals surface area contributed by atoms with Crippen molar-refractivity contribution in [2.75, 3.05) is 16.7 Å². The summed E-state index contributed by atoms with van der Waals surface area (Å²) in [4.78, 5) is 12.6. The summed E-state index contributed by atoms with van der Waals surface area (Å²) in [6, 6.07) is 19.6. The van der Waals surface area contributed by atoms with E-state index in [9.17, 15) is 13.2 Å². The zero-order chi connectivity index (χ0) is 20.3. The van der Waals surface area contributed by atoms with Gasteiger partial charge in [-0.25, -0.2) is 8.42 Å². The number of halogens is 2. The maximum Gasteiger partial charge on any atom is 0.264 e. The molecule has 0 bridgehead atoms. The molecule has 1 N–H and O–H groups in total. The Balaban J connectivity index is 1.89. The maximum atomic E-state index is 13.0. The van der Waals surface area contributed by atoms with Crippen LogP contribution in [-0.4, -0.2) is 21.4 Å². The highest BCUT2D eigenvalue weighted by atomic mass is 79.9. The summed E-state index contributed by atoms with van der Waals surface area (Å²) in [5.41, 5.74) is 1.25. The Morgan fingerprint density at radius 1 is 1.00 bits per heavy atom. The number of nitrogens with one attached hydrogen (secondary N) is 1. The van der Waals surface area contributed by atoms with E-state index in [0.717, 1.165) is 8.78 Å². The van der Waals surface area contributed by atoms with E-state index in [4.69, 9.17) is 11.6 Å². The SMILES string of the molecule is CN(c1cccc(Cl)c1)S(=O)(=O)c1cccc(C(=O)Nc2ccccc2Br)c1. The molecule has 0 unspecified atom stereocenters. The molecule has 8 heteroatoms. The van der Waals surface area contributed by atoms with Gasteiger partial charge in [-0.3, -0.25) is 9.10 Å². The minimum Gasteiger partial charge on any atom is -0.321 e. The van der Waals surface area contributed by atoms with Gasteiger partial charge in [-0.15, -0.1) is 0 Å². The molecule has 0 radical (unpaired) electrons. The number of para-hydroxylation sites is 1. The average Bonchev–Trinajstić information content (AvgIpc) is 2.69. The number of nitrogens with zero attached hydrogens (tertiary/aromatic N) is 1. The lowest BCUT2D eigenvalue weighted by molar-refractivity contribution is 0.102. The number of hydrogen-bond donors (Lipinski definition) is 1. The minimum atomic E-state index is -3.86. The molecular formula is C20H16BrClN2O3S. The number of hydrogen-bond acceptors (Lipinski definition) is 3. The summed E-state index contributed by atoms with van der Waals surface area (Å²) >= 11 is 9.33. The molecular weight excluding hydrogens is 464 g/mol. The Labute approximate surface area is 177 Å². The molecule has 0 aliphatic heterocycles. The average molecular weight is 480 g/mol. The lowest BCUT2D eigenvalue weighted by Gasteiger charge is -2.20. The minimum absolute atomic E-state index is 0.00903. The molecule has 28 heavy (non-hydrogen) atoms. The van der Waals surface area contributed by atoms with Crippen LogP contribution in [0.4, 0.5) is 11.4 Å². The highest BCUT2D eigenvalue weighted by Crippen LogP contribution is 2.26. The van der Waals surface area contributed by atoms with Crippen molar-refractivity contribution in [3.05, 3.63) is 87.9 Å². The molecule has 0 spiro atoms. The highest BCUT2D eigenvalue weighted by molar-refractivity contribution is 9.10. The van der Waals surface area contributed by atoms with Crippen molar-refractivity contribution in [1.29, 1.82) is 0 Å². The van der Waals surface area contributed by atoms with Crippen molar-refractivity contribution in [1.82, 2.24) is 0 Å². The Morgan fingerprint density at radius 2 is 1.71 bits per heavy atom. The molecule has 0 heterocycles. The first-order valence-corrected chi connectivity index (χ1v) is 10.8. The number of amides is 1. The van der Waals surface area contributed by atoms with Crippen LogP contribution in [0.3, 0.4) is 0 Å². The van der Waals surface area contributed by atoms with Crippen LogP contribution < -0.4 is 9.62 Å². The molecule has 1 amide bonds. The Hall–Kier alpha value is -2.35. The van der Waals surface area contributed by atoms with Gasteiger partial charge in [-0.2, -0.15) is 0 Å². The molecule has 0 aromatic heterocycles. The van der Waals surface area contributed by atoms with E-state index in [-0.39, 0.29) is 10.5 Å². The second-order valence-electron chi connectivity index (χ2n) is 5.91. The number of carbonyl (C=O) groups is 1. The Kier molecular flexibility index (Phi) is 6.07. The van der Waals surface area contributed by atoms with Gasteiger partial charge in [0.1, 0.15) is 0 Å². The van der Waals surface area contributed by atoms with Gasteiger partial charge in [0.05, 0.1) is 16.3 Å². The monoisotopic (exact) mass is 478 g/mol. The van der Waals surface area contributed by atoms with Gasteiger partial charge in [0.25, 0.3) is 15.9 Å². The van der Waals surface area contributed by atoms with Crippen LogP contribution in [0, 0.1) is 0 Å². The number of sulfonamides is 1. The maximum absolute atomic E-state index is 13.0. The van der Waals surface area contributed by atoms with Crippen LogP contribution in [0.5, 0.6) is 0 Å². The number of carbonyl (C=O) groups excluding carboxylic acids is 1. The Morgan fingerprint density at radius 3 is 2.43 bits per heavy atom. The fourth-order valence-electron chi connectivity index (χ4n) is 2.52. The summed E-state index contributed by atoms with van der Waals surface area (Å²) in [6.45, 7) is 0. The van der Waals surface area contributed by atoms with Crippen LogP contribution in [0.1, 0.15) is 10.4 Å². The lowest BCUT2D eigenvalue weighted by Crippen LogP contribution is -2.26. The van der Waals surface area contributed by atoms with Crippen LogP contribution >= 0.6 is 27.5 Å². The quantitative estimate of drug-likeness (QED) is 0.548. The molecule has 3 aromatic rings. The van der Waals surface area contributed by atoms with Gasteiger partial charge in [0.15, 0.2) is 0 Å². The summed E-state index contributed by atoms with van der Waals surface area (Å²) < 4.78 is 27.8. The predicted molar refractivity (Wildman–Crippen MR) is 116 cm³/mol. The molecule has 5 nitrogen and oxygen atoms in total. The molecule has 0 saturated heterocycles. The van der Waals surface area contributed by atoms with Crippen molar-refractivity contribution in [2.45, 2.75) is 4.90 Å². The second kappa shape index (κ2) is 8.34. The first kappa shape index (κ1) is 20.4. The third kappa shape index (κ3) is 4.38. The van der Waals surface area contributed by atoms with Crippen molar-refractivity contribution < 1.29 is 13.2 Å². The fraction of sp³-hybridized carbons (Fsp3) is 0.0500. The predicted octanol–water partition coefficient (Wildman–Crippen LogP) is 5.18. The van der Waals surface area contributed by atoms with Crippen LogP contribution in [0.25, 0.3) is 0 Å². The first-order valence-electron chi connectivity index (χ1n) is 8.19. The molecule has 3 aromatic carbocycles. The summed E-state index contributed by atoms with van der Waals surface area (Å²) in [5.74, 6) is -0.408. The van der Waals surface area contributed by atoms with Crippen molar-refractivity contribution in [3.63, 3.8) is 0 Å². The van der Waals surface area contributed by atoms with E-state index in [2.05, 4.69) is 21.2 Å². The van der Waals surface area contributed by atoms with Crippen molar-refractivity contribution >= 4 is 54.8 Å². The zero-order valence-electron chi connectivity index (χ0n) is 14.8. The lowest BCUT2D eigenvalue weighted by atomic mass is 10.2. The smallest absolute Gasteiger partial charge is 0.264 e. The van der Waals surface area contributed by atoms with Gasteiger partial charge < -0.3 is 5.32 Å². The van der Waals surface area contributed by atoms with Crippen LogP contribution in [-0.2, 0) is 10.0 Å². The topological polar surface area (TPSA) is 66.5 Å². The fourth-order valence-corrected chi connectivity index (χ4v) is 4.33. The summed E-state index contributed by atoms with van der Waals surface area (Å²) in [6.07, 6.45) is 0. The van der Waals surface area contributed by atoms with Crippen molar-refractivity contribution in [2.24, 2.45) is 0 Å². The molecule has 144 valence electrons. The third-order valence-corrected chi connectivity index (χ3v) is 6.76. The zero-order valence-corrected chi connectivity index (χ0v) is 17.9. The van der Waals surface area contributed by atoms with Crippen LogP contribution in [0.2, 0.25) is 5.02 Å². The number of benzene rings is 3. The second-order valence-corrected chi connectivity index (χ2v) is 9.17. The number of anilines is 2. The Bertz CT molecular complexity index is 1140. The summed E-state index contributed by atoms with van der Waals surface area (Å²) in [7, 11) is -2.42. The molecule has 0 saturated carbocycles. The van der Waals surface area contributed by atoms with Gasteiger partial charge in [-0.1, -0.05) is 35.9 Å². The molecule has 0 aliphatic carbocycles. The normalized spacial score (nSPS) is 11.1. The van der Waals surface area contributed by atoms with Gasteiger partial charge in [0, 0.05) is 22.1 Å². The first-order chi connectivity index (χ1) is 13.3. The molecule has 0 fully saturated rings. The van der Waals surface area contributed by atoms with Crippen molar-refractivity contribution in [3.8, 4) is 0 Å². The number of rotatable bonds is 5. The standard InChI is InChI=1S/C20H16BrClN2O3S/c1-24(16-8-5-7-15(22)13-16)28(26,27)17-9-4-6-14(12-17)20(25)23-19-11-3-2-10-18(19)21/h2-13H,1H3,(H,23,25). The van der Waals surface area contributed by atoms with Gasteiger partial charge in [-0.05, 0) is 64.5 Å². The highest BCUT2D eigenvalue weighted by Gasteiger charge is 2.22. The van der Waals surface area contributed by atoms with E-state index in [1.54, 1.807) is 48.5 Å². The summed E-state index contributed by atoms with van der Waals surface area (Å²) in [5, 5.41) is 3.19. The van der Waals surface area contributed by atoms with E-state index < -0.39 is 15.9 Å². The third-order valence-electron chi connectivity index (χ3n) is 4.05. The van der Waals surface area contributed by atoms with Gasteiger partial charge >= 0.3 is 0 Å². The van der Waals surface area contributed by atoms with E-state index in [1.165, 1.54) is 25.2 Å². The van der Waals surface area contributed by atoms with E-state index >= 15 is 0 Å².